The second-order valence-electron chi connectivity index (χ2n) is 5.95. The number of amidine groups is 1. The van der Waals surface area contributed by atoms with Crippen LogP contribution in [0.25, 0.3) is 0 Å². The molecule has 1 saturated heterocycles. The average molecular weight is 418 g/mol. The number of nitrogens with zero attached hydrogens (tertiary/aromatic N) is 3. The van der Waals surface area contributed by atoms with Gasteiger partial charge in [0.25, 0.3) is 0 Å². The maximum Gasteiger partial charge on any atom is 0.239 e. The Morgan fingerprint density at radius 3 is 2.61 bits per heavy atom. The second-order valence-corrected chi connectivity index (χ2v) is 7.33. The van der Waals surface area contributed by atoms with Gasteiger partial charge < -0.3 is 9.47 Å². The van der Waals surface area contributed by atoms with Crippen LogP contribution in [0.15, 0.2) is 52.7 Å². The minimum absolute atomic E-state index is 0.0333. The lowest BCUT2D eigenvalue weighted by Gasteiger charge is -2.15. The zero-order chi connectivity index (χ0) is 19.9. The summed E-state index contributed by atoms with van der Waals surface area (Å²) in [5, 5.41) is 9.61. The van der Waals surface area contributed by atoms with Crippen molar-refractivity contribution < 1.29 is 14.3 Å². The summed E-state index contributed by atoms with van der Waals surface area (Å²) in [5.74, 6) is 1.76. The maximum atomic E-state index is 12.2. The van der Waals surface area contributed by atoms with Gasteiger partial charge in [-0.15, -0.1) is 5.10 Å². The number of amides is 1. The molecular weight excluding hydrogens is 398 g/mol. The Bertz CT molecular complexity index is 900. The molecule has 0 atom stereocenters. The van der Waals surface area contributed by atoms with Crippen molar-refractivity contribution in [1.29, 1.82) is 0 Å². The summed E-state index contributed by atoms with van der Waals surface area (Å²) >= 11 is 7.26. The van der Waals surface area contributed by atoms with Gasteiger partial charge in [0, 0.05) is 11.6 Å². The van der Waals surface area contributed by atoms with E-state index in [2.05, 4.69) is 10.2 Å². The number of methoxy groups -OCH3 is 2. The molecule has 6 nitrogen and oxygen atoms in total. The fourth-order valence-electron chi connectivity index (χ4n) is 2.66. The summed E-state index contributed by atoms with van der Waals surface area (Å²) in [4.78, 5) is 13.9. The number of benzene rings is 2. The Labute approximate surface area is 173 Å². The summed E-state index contributed by atoms with van der Waals surface area (Å²) in [6, 6.07) is 13.0. The van der Waals surface area contributed by atoms with Gasteiger partial charge in [-0.25, -0.2) is 0 Å². The van der Waals surface area contributed by atoms with Gasteiger partial charge in [-0.2, -0.15) is 5.10 Å². The van der Waals surface area contributed by atoms with Crippen molar-refractivity contribution in [2.75, 3.05) is 26.5 Å². The molecule has 0 bridgehead atoms. The molecule has 1 heterocycles. The first-order chi connectivity index (χ1) is 13.6. The molecule has 1 aliphatic rings. The highest BCUT2D eigenvalue weighted by Gasteiger charge is 2.28. The molecule has 8 heteroatoms. The molecule has 0 unspecified atom stereocenters. The van der Waals surface area contributed by atoms with Gasteiger partial charge >= 0.3 is 0 Å². The van der Waals surface area contributed by atoms with Crippen molar-refractivity contribution in [3.63, 3.8) is 0 Å². The number of hydrogen-bond donors (Lipinski definition) is 0. The molecule has 1 fully saturated rings. The molecule has 2 aromatic rings. The Morgan fingerprint density at radius 1 is 1.14 bits per heavy atom. The molecule has 0 radical (unpaired) electrons. The van der Waals surface area contributed by atoms with E-state index in [1.54, 1.807) is 37.5 Å². The largest absolute Gasteiger partial charge is 0.493 e. The Morgan fingerprint density at radius 2 is 1.89 bits per heavy atom. The first-order valence-corrected chi connectivity index (χ1v) is 9.97. The summed E-state index contributed by atoms with van der Waals surface area (Å²) in [7, 11) is 3.21. The van der Waals surface area contributed by atoms with Crippen LogP contribution in [0.1, 0.15) is 11.1 Å². The zero-order valence-corrected chi connectivity index (χ0v) is 17.2. The quantitative estimate of drug-likeness (QED) is 0.506. The van der Waals surface area contributed by atoms with E-state index in [0.29, 0.717) is 40.4 Å². The minimum atomic E-state index is 0.0333. The van der Waals surface area contributed by atoms with Gasteiger partial charge in [-0.1, -0.05) is 41.6 Å². The summed E-state index contributed by atoms with van der Waals surface area (Å²) in [5.41, 5.74) is 1.94. The van der Waals surface area contributed by atoms with Crippen LogP contribution in [0.4, 0.5) is 0 Å². The predicted octanol–water partition coefficient (Wildman–Crippen LogP) is 3.87. The molecule has 28 heavy (non-hydrogen) atoms. The van der Waals surface area contributed by atoms with Crippen molar-refractivity contribution in [2.24, 2.45) is 10.2 Å². The van der Waals surface area contributed by atoms with Gasteiger partial charge in [0.05, 0.1) is 26.2 Å². The SMILES string of the molecule is COc1ccc(CCN2C(=O)CS/C2=N/N=C/c2ccc(Cl)cc2)cc1OC. The highest BCUT2D eigenvalue weighted by atomic mass is 35.5. The standard InChI is InChI=1S/C20H20ClN3O3S/c1-26-17-8-5-14(11-18(17)27-2)9-10-24-19(25)13-28-20(24)23-22-12-15-3-6-16(21)7-4-15/h3-8,11-12H,9-10,13H2,1-2H3/b22-12+,23-20+. The normalized spacial score (nSPS) is 15.6. The second kappa shape index (κ2) is 9.61. The van der Waals surface area contributed by atoms with E-state index < -0.39 is 0 Å². The first kappa shape index (κ1) is 20.2. The minimum Gasteiger partial charge on any atom is -0.493 e. The number of halogens is 1. The monoisotopic (exact) mass is 417 g/mol. The van der Waals surface area contributed by atoms with Crippen LogP contribution in [0, 0.1) is 0 Å². The van der Waals surface area contributed by atoms with Gasteiger partial charge in [0.2, 0.25) is 5.91 Å². The molecule has 0 aromatic heterocycles. The fourth-order valence-corrected chi connectivity index (χ4v) is 3.65. The lowest BCUT2D eigenvalue weighted by atomic mass is 10.1. The molecule has 2 aromatic carbocycles. The molecule has 0 N–H and O–H groups in total. The van der Waals surface area contributed by atoms with Gasteiger partial charge in [0.1, 0.15) is 0 Å². The van der Waals surface area contributed by atoms with Crippen LogP contribution in [-0.2, 0) is 11.2 Å². The Balaban J connectivity index is 1.66. The topological polar surface area (TPSA) is 63.5 Å². The molecule has 1 amide bonds. The van der Waals surface area contributed by atoms with E-state index in [9.17, 15) is 4.79 Å². The number of hydrogen-bond acceptors (Lipinski definition) is 6. The van der Waals surface area contributed by atoms with Crippen molar-refractivity contribution in [3.8, 4) is 11.5 Å². The molecule has 3 rings (SSSR count). The Hall–Kier alpha value is -2.51. The summed E-state index contributed by atoms with van der Waals surface area (Å²) in [6.45, 7) is 0.524. The third kappa shape index (κ3) is 5.05. The molecule has 0 saturated carbocycles. The number of ether oxygens (including phenoxy) is 2. The predicted molar refractivity (Wildman–Crippen MR) is 114 cm³/mol. The molecule has 1 aliphatic heterocycles. The molecular formula is C20H20ClN3O3S. The molecule has 0 aliphatic carbocycles. The van der Waals surface area contributed by atoms with Crippen LogP contribution in [0.2, 0.25) is 5.02 Å². The van der Waals surface area contributed by atoms with Crippen LogP contribution >= 0.6 is 23.4 Å². The summed E-state index contributed by atoms with van der Waals surface area (Å²) < 4.78 is 10.6. The van der Waals surface area contributed by atoms with Crippen molar-refractivity contribution in [3.05, 3.63) is 58.6 Å². The van der Waals surface area contributed by atoms with E-state index in [1.165, 1.54) is 11.8 Å². The van der Waals surface area contributed by atoms with Crippen LogP contribution in [0.3, 0.4) is 0 Å². The van der Waals surface area contributed by atoms with Crippen molar-refractivity contribution in [1.82, 2.24) is 4.90 Å². The van der Waals surface area contributed by atoms with E-state index in [0.717, 1.165) is 11.1 Å². The number of carbonyl (C=O) groups is 1. The van der Waals surface area contributed by atoms with Gasteiger partial charge in [0.15, 0.2) is 16.7 Å². The van der Waals surface area contributed by atoms with Crippen LogP contribution < -0.4 is 9.47 Å². The van der Waals surface area contributed by atoms with E-state index in [4.69, 9.17) is 21.1 Å². The third-order valence-corrected chi connectivity index (χ3v) is 5.35. The zero-order valence-electron chi connectivity index (χ0n) is 15.6. The van der Waals surface area contributed by atoms with Crippen LogP contribution in [0.5, 0.6) is 11.5 Å². The lowest BCUT2D eigenvalue weighted by molar-refractivity contribution is -0.124. The maximum absolute atomic E-state index is 12.2. The highest BCUT2D eigenvalue weighted by Crippen LogP contribution is 2.28. The van der Waals surface area contributed by atoms with Crippen molar-refractivity contribution >= 4 is 40.7 Å². The molecule has 146 valence electrons. The number of rotatable bonds is 7. The van der Waals surface area contributed by atoms with E-state index >= 15 is 0 Å². The molecule has 0 spiro atoms. The third-order valence-electron chi connectivity index (χ3n) is 4.15. The highest BCUT2D eigenvalue weighted by molar-refractivity contribution is 8.15. The summed E-state index contributed by atoms with van der Waals surface area (Å²) in [6.07, 6.45) is 2.31. The van der Waals surface area contributed by atoms with Crippen molar-refractivity contribution in [2.45, 2.75) is 6.42 Å². The number of carbonyl (C=O) groups excluding carboxylic acids is 1. The van der Waals surface area contributed by atoms with E-state index in [-0.39, 0.29) is 5.91 Å². The Kier molecular flexibility index (Phi) is 6.95. The number of thioether (sulfide) groups is 1. The smallest absolute Gasteiger partial charge is 0.239 e. The first-order valence-electron chi connectivity index (χ1n) is 8.61. The van der Waals surface area contributed by atoms with Gasteiger partial charge in [-0.05, 0) is 41.8 Å². The van der Waals surface area contributed by atoms with E-state index in [1.807, 2.05) is 30.3 Å². The average Bonchev–Trinajstić information content (AvgIpc) is 3.07. The van der Waals surface area contributed by atoms with Crippen LogP contribution in [-0.4, -0.2) is 48.7 Å². The van der Waals surface area contributed by atoms with Gasteiger partial charge in [-0.3, -0.25) is 9.69 Å². The fraction of sp³-hybridized carbons (Fsp3) is 0.250. The lowest BCUT2D eigenvalue weighted by Crippen LogP contribution is -2.31.